The van der Waals surface area contributed by atoms with Gasteiger partial charge in [0.05, 0.1) is 0 Å². The van der Waals surface area contributed by atoms with Gasteiger partial charge in [-0.15, -0.1) is 0 Å². The Labute approximate surface area is 94.2 Å². The molecule has 2 nitrogen and oxygen atoms in total. The second-order valence-corrected chi connectivity index (χ2v) is 4.74. The van der Waals surface area contributed by atoms with Crippen LogP contribution in [0.3, 0.4) is 0 Å². The van der Waals surface area contributed by atoms with Gasteiger partial charge in [-0.1, -0.05) is 29.5 Å². The third-order valence-electron chi connectivity index (χ3n) is 2.90. The first-order valence-electron chi connectivity index (χ1n) is 5.04. The summed E-state index contributed by atoms with van der Waals surface area (Å²) in [6, 6.07) is 0.433. The maximum Gasteiger partial charge on any atom is 0.223 e. The Morgan fingerprint density at radius 3 is 2.85 bits per heavy atom. The molecule has 0 aromatic heterocycles. The minimum atomic E-state index is 0.363. The summed E-state index contributed by atoms with van der Waals surface area (Å²) in [5, 5.41) is 0. The molecule has 1 rings (SSSR count). The average Bonchev–Trinajstić information content (AvgIpc) is 2.16. The van der Waals surface area contributed by atoms with E-state index in [9.17, 15) is 4.79 Å². The lowest BCUT2D eigenvalue weighted by Gasteiger charge is -2.35. The lowest BCUT2D eigenvalue weighted by atomic mass is 9.97. The minimum absolute atomic E-state index is 0.363. The van der Waals surface area contributed by atoms with Crippen LogP contribution in [0.2, 0.25) is 0 Å². The smallest absolute Gasteiger partial charge is 0.223 e. The Morgan fingerprint density at radius 1 is 1.69 bits per heavy atom. The van der Waals surface area contributed by atoms with Gasteiger partial charge in [-0.25, -0.2) is 0 Å². The first kappa shape index (κ1) is 11.3. The Morgan fingerprint density at radius 2 is 2.38 bits per heavy atom. The van der Waals surface area contributed by atoms with Crippen LogP contribution in [0.5, 0.6) is 0 Å². The van der Waals surface area contributed by atoms with Gasteiger partial charge in [0.2, 0.25) is 5.91 Å². The lowest BCUT2D eigenvalue weighted by Crippen LogP contribution is -2.44. The molecule has 13 heavy (non-hydrogen) atoms. The molecule has 1 saturated heterocycles. The number of piperidine rings is 1. The summed E-state index contributed by atoms with van der Waals surface area (Å²) in [5.74, 6) is 0.996. The van der Waals surface area contributed by atoms with Gasteiger partial charge in [0.15, 0.2) is 0 Å². The van der Waals surface area contributed by atoms with Gasteiger partial charge >= 0.3 is 0 Å². The molecule has 1 fully saturated rings. The molecule has 0 saturated carbocycles. The van der Waals surface area contributed by atoms with Crippen molar-refractivity contribution in [3.63, 3.8) is 0 Å². The molecule has 0 aliphatic carbocycles. The SMILES string of the molecule is CC[C@H](C)N1CCC(CI)CC1=O. The molecule has 1 unspecified atom stereocenters. The average molecular weight is 295 g/mol. The Kier molecular flexibility index (Phi) is 4.49. The predicted octanol–water partition coefficient (Wildman–Crippen LogP) is 2.46. The highest BCUT2D eigenvalue weighted by Gasteiger charge is 2.27. The lowest BCUT2D eigenvalue weighted by molar-refractivity contribution is -0.136. The molecule has 0 radical (unpaired) electrons. The molecule has 76 valence electrons. The minimum Gasteiger partial charge on any atom is -0.340 e. The van der Waals surface area contributed by atoms with Crippen molar-refractivity contribution in [2.24, 2.45) is 5.92 Å². The largest absolute Gasteiger partial charge is 0.340 e. The van der Waals surface area contributed by atoms with Crippen molar-refractivity contribution in [1.82, 2.24) is 4.90 Å². The van der Waals surface area contributed by atoms with Crippen LogP contribution in [0.4, 0.5) is 0 Å². The highest BCUT2D eigenvalue weighted by Crippen LogP contribution is 2.22. The van der Waals surface area contributed by atoms with Gasteiger partial charge in [0.25, 0.3) is 0 Å². The maximum atomic E-state index is 11.7. The fourth-order valence-electron chi connectivity index (χ4n) is 1.73. The molecule has 1 amide bonds. The normalized spacial score (nSPS) is 26.2. The maximum absolute atomic E-state index is 11.7. The number of rotatable bonds is 3. The van der Waals surface area contributed by atoms with Crippen LogP contribution < -0.4 is 0 Å². The predicted molar refractivity (Wildman–Crippen MR) is 63.1 cm³/mol. The molecule has 1 heterocycles. The summed E-state index contributed by atoms with van der Waals surface area (Å²) < 4.78 is 1.12. The topological polar surface area (TPSA) is 20.3 Å². The third-order valence-corrected chi connectivity index (χ3v) is 4.15. The summed E-state index contributed by atoms with van der Waals surface area (Å²) in [4.78, 5) is 13.7. The first-order valence-corrected chi connectivity index (χ1v) is 6.57. The highest BCUT2D eigenvalue weighted by atomic mass is 127. The zero-order valence-electron chi connectivity index (χ0n) is 8.42. The van der Waals surface area contributed by atoms with E-state index in [0.717, 1.165) is 23.8 Å². The molecule has 0 aromatic rings. The second kappa shape index (κ2) is 5.17. The van der Waals surface area contributed by atoms with Crippen LogP contribution in [0.1, 0.15) is 33.1 Å². The van der Waals surface area contributed by atoms with E-state index in [1.54, 1.807) is 0 Å². The van der Waals surface area contributed by atoms with Gasteiger partial charge < -0.3 is 4.90 Å². The number of hydrogen-bond donors (Lipinski definition) is 0. The number of alkyl halides is 1. The van der Waals surface area contributed by atoms with E-state index in [1.165, 1.54) is 6.42 Å². The van der Waals surface area contributed by atoms with Crippen LogP contribution >= 0.6 is 22.6 Å². The number of hydrogen-bond acceptors (Lipinski definition) is 1. The van der Waals surface area contributed by atoms with Crippen molar-refractivity contribution in [3.8, 4) is 0 Å². The van der Waals surface area contributed by atoms with Crippen molar-refractivity contribution >= 4 is 28.5 Å². The van der Waals surface area contributed by atoms with Crippen molar-refractivity contribution in [3.05, 3.63) is 0 Å². The number of carbonyl (C=O) groups excluding carboxylic acids is 1. The van der Waals surface area contributed by atoms with Crippen LogP contribution in [0, 0.1) is 5.92 Å². The van der Waals surface area contributed by atoms with Crippen molar-refractivity contribution in [2.75, 3.05) is 11.0 Å². The molecule has 2 atom stereocenters. The van der Waals surface area contributed by atoms with Crippen molar-refractivity contribution in [2.45, 2.75) is 39.2 Å². The Balaban J connectivity index is 2.48. The Hall–Kier alpha value is 0.200. The summed E-state index contributed by atoms with van der Waals surface area (Å²) in [7, 11) is 0. The van der Waals surface area contributed by atoms with Crippen molar-refractivity contribution in [1.29, 1.82) is 0 Å². The van der Waals surface area contributed by atoms with E-state index in [-0.39, 0.29) is 0 Å². The fourth-order valence-corrected chi connectivity index (χ4v) is 2.48. The monoisotopic (exact) mass is 295 g/mol. The van der Waals surface area contributed by atoms with Gasteiger partial charge in [-0.3, -0.25) is 4.79 Å². The fraction of sp³-hybridized carbons (Fsp3) is 0.900. The molecule has 0 bridgehead atoms. The van der Waals surface area contributed by atoms with Crippen LogP contribution in [-0.4, -0.2) is 27.8 Å². The van der Waals surface area contributed by atoms with E-state index in [0.29, 0.717) is 17.9 Å². The number of carbonyl (C=O) groups is 1. The summed E-state index contributed by atoms with van der Waals surface area (Å²) in [5.41, 5.74) is 0. The molecule has 0 aromatic carbocycles. The Bertz CT molecular complexity index is 184. The van der Waals surface area contributed by atoms with Crippen molar-refractivity contribution < 1.29 is 4.79 Å². The van der Waals surface area contributed by atoms with Crippen LogP contribution in [0.25, 0.3) is 0 Å². The van der Waals surface area contributed by atoms with Gasteiger partial charge in [0.1, 0.15) is 0 Å². The first-order chi connectivity index (χ1) is 6.19. The zero-order chi connectivity index (χ0) is 9.84. The van der Waals surface area contributed by atoms with Crippen LogP contribution in [0.15, 0.2) is 0 Å². The number of nitrogens with zero attached hydrogens (tertiary/aromatic N) is 1. The van der Waals surface area contributed by atoms with Gasteiger partial charge in [-0.05, 0) is 25.7 Å². The highest BCUT2D eigenvalue weighted by molar-refractivity contribution is 14.1. The van der Waals surface area contributed by atoms with E-state index in [1.807, 2.05) is 4.90 Å². The molecule has 1 aliphatic heterocycles. The summed E-state index contributed by atoms with van der Waals surface area (Å²) in [6.45, 7) is 5.26. The van der Waals surface area contributed by atoms with E-state index in [2.05, 4.69) is 36.4 Å². The van der Waals surface area contributed by atoms with Gasteiger partial charge in [0, 0.05) is 23.4 Å². The van der Waals surface area contributed by atoms with E-state index < -0.39 is 0 Å². The number of amides is 1. The number of halogens is 1. The van der Waals surface area contributed by atoms with E-state index in [4.69, 9.17) is 0 Å². The van der Waals surface area contributed by atoms with E-state index >= 15 is 0 Å². The number of likely N-dealkylation sites (tertiary alicyclic amines) is 1. The molecule has 0 N–H and O–H groups in total. The van der Waals surface area contributed by atoms with Gasteiger partial charge in [-0.2, -0.15) is 0 Å². The van der Waals surface area contributed by atoms with Crippen LogP contribution in [-0.2, 0) is 4.79 Å². The molecule has 0 spiro atoms. The molecule has 3 heteroatoms. The second-order valence-electron chi connectivity index (χ2n) is 3.86. The third kappa shape index (κ3) is 2.82. The zero-order valence-corrected chi connectivity index (χ0v) is 10.6. The molecular formula is C10H18INO. The summed E-state index contributed by atoms with van der Waals surface area (Å²) in [6.07, 6.45) is 3.03. The summed E-state index contributed by atoms with van der Waals surface area (Å²) >= 11 is 2.38. The molecular weight excluding hydrogens is 277 g/mol. The molecule has 1 aliphatic rings. The standard InChI is InChI=1S/C10H18INO/c1-3-8(2)12-5-4-9(7-11)6-10(12)13/h8-9H,3-7H2,1-2H3/t8-,9?/m0/s1. The quantitative estimate of drug-likeness (QED) is 0.578.